The molecule has 2 nitrogen and oxygen atoms in total. The van der Waals surface area contributed by atoms with Crippen molar-refractivity contribution in [3.63, 3.8) is 0 Å². The summed E-state index contributed by atoms with van der Waals surface area (Å²) in [6.07, 6.45) is 0. The van der Waals surface area contributed by atoms with Gasteiger partial charge in [0.2, 0.25) is 0 Å². The minimum atomic E-state index is 0.294. The molecule has 1 fully saturated rings. The van der Waals surface area contributed by atoms with E-state index < -0.39 is 0 Å². The maximum absolute atomic E-state index is 5.92. The van der Waals surface area contributed by atoms with E-state index >= 15 is 0 Å². The van der Waals surface area contributed by atoms with Crippen molar-refractivity contribution in [3.8, 4) is 0 Å². The highest BCUT2D eigenvalue weighted by molar-refractivity contribution is 4.90. The van der Waals surface area contributed by atoms with Crippen LogP contribution >= 0.6 is 0 Å². The van der Waals surface area contributed by atoms with Crippen LogP contribution in [-0.2, 0) is 0 Å². The number of nitrogens with zero attached hydrogens (tertiary/aromatic N) is 1. The number of hydrogen-bond acceptors (Lipinski definition) is 2. The maximum atomic E-state index is 5.92. The molecule has 11 heavy (non-hydrogen) atoms. The second-order valence-corrected chi connectivity index (χ2v) is 4.72. The third kappa shape index (κ3) is 1.94. The highest BCUT2D eigenvalue weighted by Crippen LogP contribution is 2.22. The molecule has 0 aromatic carbocycles. The molecule has 1 heterocycles. The predicted molar refractivity (Wildman–Crippen MR) is 48.5 cm³/mol. The van der Waals surface area contributed by atoms with Crippen molar-refractivity contribution < 1.29 is 0 Å². The molecule has 0 aromatic heterocycles. The fourth-order valence-corrected chi connectivity index (χ4v) is 1.54. The van der Waals surface area contributed by atoms with Crippen molar-refractivity contribution in [1.29, 1.82) is 0 Å². The van der Waals surface area contributed by atoms with Crippen LogP contribution in [0.3, 0.4) is 0 Å². The Balaban J connectivity index is 2.54. The van der Waals surface area contributed by atoms with Gasteiger partial charge in [-0.05, 0) is 26.7 Å². The second-order valence-electron chi connectivity index (χ2n) is 4.72. The maximum Gasteiger partial charge on any atom is 0.0206 e. The van der Waals surface area contributed by atoms with Crippen molar-refractivity contribution >= 4 is 0 Å². The molecule has 0 spiro atoms. The van der Waals surface area contributed by atoms with Gasteiger partial charge in [0.15, 0.2) is 0 Å². The van der Waals surface area contributed by atoms with Crippen LogP contribution in [0.15, 0.2) is 0 Å². The van der Waals surface area contributed by atoms with Crippen molar-refractivity contribution in [1.82, 2.24) is 4.90 Å². The summed E-state index contributed by atoms with van der Waals surface area (Å²) in [5.74, 6) is 0.661. The molecule has 0 aliphatic carbocycles. The van der Waals surface area contributed by atoms with Crippen molar-refractivity contribution in [2.75, 3.05) is 13.1 Å². The highest BCUT2D eigenvalue weighted by atomic mass is 15.2. The monoisotopic (exact) mass is 156 g/mol. The molecule has 0 aromatic rings. The van der Waals surface area contributed by atoms with Crippen molar-refractivity contribution in [2.45, 2.75) is 39.3 Å². The lowest BCUT2D eigenvalue weighted by atomic mass is 10.1. The Kier molecular flexibility index (Phi) is 2.26. The Morgan fingerprint density at radius 2 is 1.82 bits per heavy atom. The van der Waals surface area contributed by atoms with E-state index in [9.17, 15) is 0 Å². The molecule has 0 radical (unpaired) electrons. The molecule has 0 saturated carbocycles. The smallest absolute Gasteiger partial charge is 0.0206 e. The number of rotatable bonds is 0. The minimum absolute atomic E-state index is 0.294. The Morgan fingerprint density at radius 3 is 2.00 bits per heavy atom. The highest BCUT2D eigenvalue weighted by Gasteiger charge is 2.32. The lowest BCUT2D eigenvalue weighted by Gasteiger charge is -2.31. The van der Waals surface area contributed by atoms with E-state index in [1.165, 1.54) is 0 Å². The number of likely N-dealkylation sites (tertiary alicyclic amines) is 1. The van der Waals surface area contributed by atoms with Gasteiger partial charge >= 0.3 is 0 Å². The lowest BCUT2D eigenvalue weighted by molar-refractivity contribution is 0.168. The van der Waals surface area contributed by atoms with E-state index in [0.717, 1.165) is 13.1 Å². The topological polar surface area (TPSA) is 29.3 Å². The van der Waals surface area contributed by atoms with E-state index in [2.05, 4.69) is 32.6 Å². The molecule has 0 amide bonds. The summed E-state index contributed by atoms with van der Waals surface area (Å²) in [5, 5.41) is 0. The van der Waals surface area contributed by atoms with Gasteiger partial charge in [0, 0.05) is 24.7 Å². The van der Waals surface area contributed by atoms with Gasteiger partial charge in [0.25, 0.3) is 0 Å². The zero-order valence-corrected chi connectivity index (χ0v) is 8.09. The van der Waals surface area contributed by atoms with Gasteiger partial charge in [0.05, 0.1) is 0 Å². The van der Waals surface area contributed by atoms with Crippen LogP contribution in [0.25, 0.3) is 0 Å². The first kappa shape index (κ1) is 9.01. The molecular weight excluding hydrogens is 136 g/mol. The van der Waals surface area contributed by atoms with E-state index in [-0.39, 0.29) is 0 Å². The molecule has 2 N–H and O–H groups in total. The summed E-state index contributed by atoms with van der Waals surface area (Å²) in [4.78, 5) is 2.46. The molecule has 1 rings (SSSR count). The SMILES string of the molecule is C[C@@H]1CN(C(C)(C)C)C[C@@H]1N. The Bertz CT molecular complexity index is 127. The summed E-state index contributed by atoms with van der Waals surface area (Å²) in [5.41, 5.74) is 6.22. The van der Waals surface area contributed by atoms with E-state index in [1.54, 1.807) is 0 Å². The molecule has 0 unspecified atom stereocenters. The third-order valence-corrected chi connectivity index (χ3v) is 2.62. The molecule has 2 atom stereocenters. The fraction of sp³-hybridized carbons (Fsp3) is 1.00. The number of hydrogen-bond donors (Lipinski definition) is 1. The molecular formula is C9H20N2. The standard InChI is InChI=1S/C9H20N2/c1-7-5-11(6-8(7)10)9(2,3)4/h7-8H,5-6,10H2,1-4H3/t7-,8+/m1/s1. The van der Waals surface area contributed by atoms with Crippen LogP contribution in [0.4, 0.5) is 0 Å². The van der Waals surface area contributed by atoms with Crippen LogP contribution in [-0.4, -0.2) is 29.6 Å². The Hall–Kier alpha value is -0.0800. The van der Waals surface area contributed by atoms with Gasteiger partial charge in [-0.25, -0.2) is 0 Å². The van der Waals surface area contributed by atoms with Crippen LogP contribution in [0.2, 0.25) is 0 Å². The summed E-state index contributed by atoms with van der Waals surface area (Å²) < 4.78 is 0. The minimum Gasteiger partial charge on any atom is -0.326 e. The van der Waals surface area contributed by atoms with Crippen molar-refractivity contribution in [2.24, 2.45) is 11.7 Å². The fourth-order valence-electron chi connectivity index (χ4n) is 1.54. The molecule has 1 saturated heterocycles. The quantitative estimate of drug-likeness (QED) is 0.568. The van der Waals surface area contributed by atoms with Gasteiger partial charge < -0.3 is 5.73 Å². The first-order valence-corrected chi connectivity index (χ1v) is 4.42. The summed E-state index contributed by atoms with van der Waals surface area (Å²) >= 11 is 0. The molecule has 2 heteroatoms. The van der Waals surface area contributed by atoms with Gasteiger partial charge in [-0.2, -0.15) is 0 Å². The first-order chi connectivity index (χ1) is 4.91. The molecule has 66 valence electrons. The van der Waals surface area contributed by atoms with E-state index in [1.807, 2.05) is 0 Å². The van der Waals surface area contributed by atoms with Gasteiger partial charge in [-0.15, -0.1) is 0 Å². The van der Waals surface area contributed by atoms with Crippen LogP contribution in [0.5, 0.6) is 0 Å². The third-order valence-electron chi connectivity index (χ3n) is 2.62. The zero-order valence-electron chi connectivity index (χ0n) is 8.09. The Labute approximate surface area is 69.8 Å². The largest absolute Gasteiger partial charge is 0.326 e. The van der Waals surface area contributed by atoms with Gasteiger partial charge in [-0.3, -0.25) is 4.90 Å². The predicted octanol–water partition coefficient (Wildman–Crippen LogP) is 1.06. The Morgan fingerprint density at radius 1 is 1.27 bits per heavy atom. The van der Waals surface area contributed by atoms with Crippen LogP contribution in [0, 0.1) is 5.92 Å². The average molecular weight is 156 g/mol. The van der Waals surface area contributed by atoms with Gasteiger partial charge in [0.1, 0.15) is 0 Å². The lowest BCUT2D eigenvalue weighted by Crippen LogP contribution is -2.40. The van der Waals surface area contributed by atoms with Crippen LogP contribution < -0.4 is 5.73 Å². The van der Waals surface area contributed by atoms with Crippen molar-refractivity contribution in [3.05, 3.63) is 0 Å². The average Bonchev–Trinajstić information content (AvgIpc) is 2.11. The summed E-state index contributed by atoms with van der Waals surface area (Å²) in [6.45, 7) is 11.2. The van der Waals surface area contributed by atoms with E-state index in [0.29, 0.717) is 17.5 Å². The summed E-state index contributed by atoms with van der Waals surface area (Å²) in [7, 11) is 0. The molecule has 0 bridgehead atoms. The second kappa shape index (κ2) is 2.76. The van der Waals surface area contributed by atoms with E-state index in [4.69, 9.17) is 5.73 Å². The summed E-state index contributed by atoms with van der Waals surface area (Å²) in [6, 6.07) is 0.384. The normalized spacial score (nSPS) is 34.6. The van der Waals surface area contributed by atoms with Gasteiger partial charge in [-0.1, -0.05) is 6.92 Å². The molecule has 1 aliphatic rings. The molecule has 1 aliphatic heterocycles. The van der Waals surface area contributed by atoms with Crippen LogP contribution in [0.1, 0.15) is 27.7 Å². The number of nitrogens with two attached hydrogens (primary N) is 1. The first-order valence-electron chi connectivity index (χ1n) is 4.42. The zero-order chi connectivity index (χ0) is 8.65.